The first-order valence-electron chi connectivity index (χ1n) is 21.9. The van der Waals surface area contributed by atoms with Crippen molar-refractivity contribution < 1.29 is 0 Å². The summed E-state index contributed by atoms with van der Waals surface area (Å²) in [5, 5.41) is 1.38. The molecule has 0 radical (unpaired) electrons. The number of allylic oxidation sites excluding steroid dienone is 13. The maximum Gasteiger partial charge on any atom is 0.251 e. The highest BCUT2D eigenvalue weighted by molar-refractivity contribution is 7.31. The molecule has 0 saturated carbocycles. The summed E-state index contributed by atoms with van der Waals surface area (Å²) in [6.45, 7) is 41.2. The van der Waals surface area contributed by atoms with Gasteiger partial charge in [-0.3, -0.25) is 0 Å². The number of fused-ring (bicyclic) bond motifs is 6. The first-order chi connectivity index (χ1) is 27.5. The molecule has 58 heavy (non-hydrogen) atoms. The van der Waals surface area contributed by atoms with E-state index in [9.17, 15) is 0 Å². The molecule has 4 heteroatoms. The molecule has 0 saturated heterocycles. The Hall–Kier alpha value is -4.28. The van der Waals surface area contributed by atoms with Crippen molar-refractivity contribution in [2.45, 2.75) is 125 Å². The highest BCUT2D eigenvalue weighted by Gasteiger charge is 2.44. The summed E-state index contributed by atoms with van der Waals surface area (Å²) >= 11 is 2.01. The van der Waals surface area contributed by atoms with Gasteiger partial charge in [-0.2, -0.15) is 0 Å². The van der Waals surface area contributed by atoms with Crippen molar-refractivity contribution in [3.63, 3.8) is 0 Å². The number of rotatable bonds is 10. The summed E-state index contributed by atoms with van der Waals surface area (Å²) in [5.74, 6) is 3.96. The number of nitrogens with zero attached hydrogens (tertiary/aromatic N) is 2. The molecule has 1 aromatic carbocycles. The number of thiophene rings is 1. The summed E-state index contributed by atoms with van der Waals surface area (Å²) in [7, 11) is 0. The molecule has 2 aliphatic heterocycles. The van der Waals surface area contributed by atoms with E-state index in [1.54, 1.807) is 0 Å². The van der Waals surface area contributed by atoms with Crippen molar-refractivity contribution in [2.75, 3.05) is 4.90 Å². The molecular weight excluding hydrogens is 719 g/mol. The molecule has 0 N–H and O–H groups in total. The van der Waals surface area contributed by atoms with Crippen LogP contribution >= 0.6 is 11.3 Å². The van der Waals surface area contributed by atoms with E-state index < -0.39 is 0 Å². The lowest BCUT2D eigenvalue weighted by Gasteiger charge is -2.44. The molecular formula is C54H67BN2S. The van der Waals surface area contributed by atoms with Crippen LogP contribution < -0.4 is 9.68 Å². The zero-order valence-corrected chi connectivity index (χ0v) is 38.1. The summed E-state index contributed by atoms with van der Waals surface area (Å²) in [5.41, 5.74) is 16.0. The van der Waals surface area contributed by atoms with Crippen LogP contribution in [0.3, 0.4) is 0 Å². The third-order valence-corrected chi connectivity index (χ3v) is 15.0. The normalized spacial score (nSPS) is 23.7. The first-order valence-corrected chi connectivity index (χ1v) is 22.7. The molecule has 2 aromatic rings. The monoisotopic (exact) mass is 787 g/mol. The average molecular weight is 787 g/mol. The predicted molar refractivity (Wildman–Crippen MR) is 258 cm³/mol. The van der Waals surface area contributed by atoms with Crippen LogP contribution in [-0.4, -0.2) is 17.7 Å². The number of anilines is 1. The molecule has 0 fully saturated rings. The van der Waals surface area contributed by atoms with E-state index in [0.717, 1.165) is 31.3 Å². The van der Waals surface area contributed by atoms with E-state index >= 15 is 0 Å². The molecule has 302 valence electrons. The Labute approximate surface area is 356 Å². The van der Waals surface area contributed by atoms with Crippen molar-refractivity contribution in [1.29, 1.82) is 0 Å². The minimum atomic E-state index is 0.0940. The molecule has 1 aromatic heterocycles. The lowest BCUT2D eigenvalue weighted by atomic mass is 9.39. The van der Waals surface area contributed by atoms with Gasteiger partial charge in [0.05, 0.1) is 11.7 Å². The Kier molecular flexibility index (Phi) is 11.6. The van der Waals surface area contributed by atoms with Crippen molar-refractivity contribution in [2.24, 2.45) is 17.8 Å². The van der Waals surface area contributed by atoms with Crippen molar-refractivity contribution in [3.8, 4) is 0 Å². The third-order valence-electron chi connectivity index (χ3n) is 13.8. The van der Waals surface area contributed by atoms with Gasteiger partial charge < -0.3 is 9.80 Å². The number of benzene rings is 1. The van der Waals surface area contributed by atoms with Crippen molar-refractivity contribution in [1.82, 2.24) is 4.90 Å². The third kappa shape index (κ3) is 7.56. The smallest absolute Gasteiger partial charge is 0.251 e. The molecule has 2 atom stereocenters. The van der Waals surface area contributed by atoms with Crippen LogP contribution in [0.2, 0.25) is 0 Å². The van der Waals surface area contributed by atoms with Gasteiger partial charge in [-0.25, -0.2) is 0 Å². The minimum Gasteiger partial charge on any atom is -0.340 e. The van der Waals surface area contributed by atoms with Gasteiger partial charge in [0.25, 0.3) is 6.71 Å². The second-order valence-corrected chi connectivity index (χ2v) is 20.7. The summed E-state index contributed by atoms with van der Waals surface area (Å²) in [4.78, 5) is 5.11. The fourth-order valence-corrected chi connectivity index (χ4v) is 11.3. The number of hydrogen-bond acceptors (Lipinski definition) is 3. The van der Waals surface area contributed by atoms with Gasteiger partial charge in [-0.05, 0) is 133 Å². The lowest BCUT2D eigenvalue weighted by Crippen LogP contribution is -2.51. The standard InChI is InChI=1S/C54H67BN2S/c1-15-39(35(5)6)21-19-27-56-49(28-34(3)4)47-33-57(48-24-23-40(36(7)8)29-43(48)41(16-2)42-22-18-17-20-37(42)9)38(10)32-55(47)52-51(56)44-30-45-46(31-50(44)58-52)54(13,14)26-25-53(45,11)12/h15-17,19-21,24,27,29-33,35-36,40,49H,1-3,9,18,22-23,25-26,28H2,4-8,10-14H3/b27-19+,39-21+,42-41+. The first kappa shape index (κ1) is 41.9. The molecule has 2 nitrogen and oxygen atoms in total. The Balaban J connectivity index is 1.45. The SMILES string of the molecule is C=C/C(=C\C=C\N1c2c(sc3cc4c(cc23)C(C)(C)CCC4(C)C)B2C=C(C)N(C3=CCC(C(C)C)C=C3/C(C=C)=C3\CCC=CC3=C)C=C2C1CC(=C)C)C(C)C. The molecule has 0 spiro atoms. The minimum absolute atomic E-state index is 0.0940. The van der Waals surface area contributed by atoms with Gasteiger partial charge in [0.2, 0.25) is 0 Å². The summed E-state index contributed by atoms with van der Waals surface area (Å²) in [6.07, 6.45) is 29.2. The Morgan fingerprint density at radius 1 is 1.03 bits per heavy atom. The number of hydrogen-bond donors (Lipinski definition) is 0. The van der Waals surface area contributed by atoms with Crippen LogP contribution in [0.25, 0.3) is 10.1 Å². The zero-order chi connectivity index (χ0) is 41.8. The van der Waals surface area contributed by atoms with E-state index in [0.29, 0.717) is 17.8 Å². The van der Waals surface area contributed by atoms with E-state index in [4.69, 9.17) is 0 Å². The van der Waals surface area contributed by atoms with E-state index in [2.05, 4.69) is 178 Å². The van der Waals surface area contributed by atoms with Crippen molar-refractivity contribution >= 4 is 38.6 Å². The van der Waals surface area contributed by atoms with Crippen LogP contribution in [-0.2, 0) is 10.8 Å². The summed E-state index contributed by atoms with van der Waals surface area (Å²) < 4.78 is 2.83. The van der Waals surface area contributed by atoms with Crippen LogP contribution in [0.1, 0.15) is 119 Å². The van der Waals surface area contributed by atoms with Gasteiger partial charge in [-0.15, -0.1) is 17.9 Å². The van der Waals surface area contributed by atoms with Crippen molar-refractivity contribution in [3.05, 3.63) is 167 Å². The summed E-state index contributed by atoms with van der Waals surface area (Å²) in [6, 6.07) is 5.25. The molecule has 7 rings (SSSR count). The van der Waals surface area contributed by atoms with Crippen LogP contribution in [0.4, 0.5) is 5.69 Å². The highest BCUT2D eigenvalue weighted by atomic mass is 32.1. The van der Waals surface area contributed by atoms with Crippen LogP contribution in [0.5, 0.6) is 0 Å². The largest absolute Gasteiger partial charge is 0.340 e. The highest BCUT2D eigenvalue weighted by Crippen LogP contribution is 2.51. The molecule has 0 amide bonds. The molecule has 5 aliphatic rings. The Morgan fingerprint density at radius 2 is 1.74 bits per heavy atom. The molecule has 2 unspecified atom stereocenters. The van der Waals surface area contributed by atoms with Gasteiger partial charge in [0.15, 0.2) is 0 Å². The topological polar surface area (TPSA) is 6.48 Å². The molecule has 0 bridgehead atoms. The predicted octanol–water partition coefficient (Wildman–Crippen LogP) is 14.4. The zero-order valence-electron chi connectivity index (χ0n) is 37.3. The fraction of sp³-hybridized carbons (Fsp3) is 0.407. The van der Waals surface area contributed by atoms with E-state index in [1.807, 2.05) is 17.4 Å². The van der Waals surface area contributed by atoms with Gasteiger partial charge in [0, 0.05) is 44.2 Å². The van der Waals surface area contributed by atoms with Gasteiger partial charge in [0.1, 0.15) is 0 Å². The van der Waals surface area contributed by atoms with E-state index in [1.165, 1.54) is 89.3 Å². The quantitative estimate of drug-likeness (QED) is 0.134. The Morgan fingerprint density at radius 3 is 2.36 bits per heavy atom. The lowest BCUT2D eigenvalue weighted by molar-refractivity contribution is 0.332. The second kappa shape index (κ2) is 16.1. The maximum absolute atomic E-state index is 4.54. The second-order valence-electron chi connectivity index (χ2n) is 19.6. The molecule has 3 heterocycles. The van der Waals surface area contributed by atoms with Crippen LogP contribution in [0.15, 0.2) is 156 Å². The Bertz CT molecular complexity index is 2320. The van der Waals surface area contributed by atoms with Gasteiger partial charge in [-0.1, -0.05) is 135 Å². The maximum atomic E-state index is 4.54. The molecule has 3 aliphatic carbocycles. The van der Waals surface area contributed by atoms with E-state index in [-0.39, 0.29) is 23.6 Å². The fourth-order valence-electron chi connectivity index (χ4n) is 10.0. The van der Waals surface area contributed by atoms with Gasteiger partial charge >= 0.3 is 0 Å². The average Bonchev–Trinajstić information content (AvgIpc) is 3.55. The van der Waals surface area contributed by atoms with Crippen LogP contribution in [0, 0.1) is 17.8 Å².